The Bertz CT molecular complexity index is 555. The van der Waals surface area contributed by atoms with Gasteiger partial charge in [-0.2, -0.15) is 0 Å². The molecule has 0 amide bonds. The monoisotopic (exact) mass is 347 g/mol. The van der Waals surface area contributed by atoms with Crippen molar-refractivity contribution in [2.24, 2.45) is 0 Å². The molecule has 0 N–H and O–H groups in total. The quantitative estimate of drug-likeness (QED) is 0.724. The minimum atomic E-state index is -1.96. The summed E-state index contributed by atoms with van der Waals surface area (Å²) in [6, 6.07) is 9.04. The van der Waals surface area contributed by atoms with Gasteiger partial charge in [-0.25, -0.2) is 0 Å². The molecule has 0 saturated heterocycles. The number of benzene rings is 2. The molecular weight excluding hydrogens is 324 g/mol. The Morgan fingerprint density at radius 2 is 0.850 bits per heavy atom. The van der Waals surface area contributed by atoms with Crippen LogP contribution in [-0.2, 0) is 0 Å². The molecule has 2 rings (SSSR count). The van der Waals surface area contributed by atoms with Gasteiger partial charge in [0.1, 0.15) is 0 Å². The predicted molar refractivity (Wildman–Crippen MR) is 92.2 cm³/mol. The molecule has 105 valence electrons. The van der Waals surface area contributed by atoms with E-state index >= 15 is 0 Å². The molecule has 2 aromatic rings. The van der Waals surface area contributed by atoms with E-state index in [2.05, 4.69) is 65.8 Å². The molecule has 0 spiro atoms. The average molecular weight is 346 g/mol. The SMILES string of the molecule is Cc1cc(C)[c]([Ge]([Cl])[c]2c(C)cc(C)cc2C)c(C)c1. The second-order valence-corrected chi connectivity index (χ2v) is 11.2. The zero-order valence-electron chi connectivity index (χ0n) is 13.2. The fourth-order valence-electron chi connectivity index (χ4n) is 3.18. The van der Waals surface area contributed by atoms with Crippen molar-refractivity contribution in [2.45, 2.75) is 41.5 Å². The van der Waals surface area contributed by atoms with Gasteiger partial charge < -0.3 is 0 Å². The summed E-state index contributed by atoms with van der Waals surface area (Å²) in [4.78, 5) is 0. The van der Waals surface area contributed by atoms with E-state index in [0.717, 1.165) is 0 Å². The van der Waals surface area contributed by atoms with E-state index in [4.69, 9.17) is 10.0 Å². The van der Waals surface area contributed by atoms with Gasteiger partial charge in [0.15, 0.2) is 0 Å². The summed E-state index contributed by atoms with van der Waals surface area (Å²) >= 11 is -1.96. The van der Waals surface area contributed by atoms with Gasteiger partial charge in [-0.3, -0.25) is 0 Å². The van der Waals surface area contributed by atoms with Crippen LogP contribution in [0.4, 0.5) is 0 Å². The van der Waals surface area contributed by atoms with Crippen molar-refractivity contribution >= 4 is 32.2 Å². The first-order valence-corrected chi connectivity index (χ1v) is 11.9. The summed E-state index contributed by atoms with van der Waals surface area (Å²) in [5.74, 6) is 0. The van der Waals surface area contributed by atoms with E-state index in [0.29, 0.717) is 0 Å². The van der Waals surface area contributed by atoms with Crippen LogP contribution < -0.4 is 8.79 Å². The molecule has 1 radical (unpaired) electrons. The van der Waals surface area contributed by atoms with Gasteiger partial charge in [0, 0.05) is 0 Å². The van der Waals surface area contributed by atoms with Crippen molar-refractivity contribution in [1.82, 2.24) is 0 Å². The number of rotatable bonds is 2. The van der Waals surface area contributed by atoms with Gasteiger partial charge in [-0.15, -0.1) is 0 Å². The summed E-state index contributed by atoms with van der Waals surface area (Å²) < 4.78 is 2.85. The molecule has 0 aliphatic carbocycles. The van der Waals surface area contributed by atoms with Crippen LogP contribution in [0.25, 0.3) is 0 Å². The summed E-state index contributed by atoms with van der Waals surface area (Å²) in [5.41, 5.74) is 8.06. The third-order valence-electron chi connectivity index (χ3n) is 3.79. The van der Waals surface area contributed by atoms with E-state index in [-0.39, 0.29) is 0 Å². The molecule has 2 heteroatoms. The average Bonchev–Trinajstić information content (AvgIpc) is 2.25. The van der Waals surface area contributed by atoms with Gasteiger partial charge in [0.25, 0.3) is 0 Å². The van der Waals surface area contributed by atoms with E-state index in [1.54, 1.807) is 0 Å². The molecular formula is C18H22ClGe. The van der Waals surface area contributed by atoms with Gasteiger partial charge >= 0.3 is 131 Å². The molecule has 2 aromatic carbocycles. The second kappa shape index (κ2) is 5.95. The van der Waals surface area contributed by atoms with E-state index in [9.17, 15) is 0 Å². The Hall–Kier alpha value is -0.727. The fraction of sp³-hybridized carbons (Fsp3) is 0.333. The number of halogens is 1. The summed E-state index contributed by atoms with van der Waals surface area (Å²) in [7, 11) is 7.02. The Balaban J connectivity index is 2.61. The zero-order valence-corrected chi connectivity index (χ0v) is 16.0. The molecule has 0 aliphatic heterocycles. The number of hydrogen-bond donors (Lipinski definition) is 0. The van der Waals surface area contributed by atoms with Crippen molar-refractivity contribution in [2.75, 3.05) is 0 Å². The second-order valence-electron chi connectivity index (χ2n) is 5.86. The molecule has 0 saturated carbocycles. The summed E-state index contributed by atoms with van der Waals surface area (Å²) in [5, 5.41) is 0. The first-order valence-electron chi connectivity index (χ1n) is 7.00. The first kappa shape index (κ1) is 15.7. The number of hydrogen-bond acceptors (Lipinski definition) is 0. The van der Waals surface area contributed by atoms with Crippen LogP contribution in [0, 0.1) is 41.5 Å². The minimum absolute atomic E-state index is 1.32. The Morgan fingerprint density at radius 1 is 0.600 bits per heavy atom. The van der Waals surface area contributed by atoms with Crippen LogP contribution >= 0.6 is 10.0 Å². The zero-order chi connectivity index (χ0) is 15.0. The van der Waals surface area contributed by atoms with Gasteiger partial charge in [-0.05, 0) is 0 Å². The molecule has 0 heterocycles. The topological polar surface area (TPSA) is 0 Å². The van der Waals surface area contributed by atoms with Gasteiger partial charge in [0.2, 0.25) is 0 Å². The van der Waals surface area contributed by atoms with Crippen LogP contribution in [0.3, 0.4) is 0 Å². The first-order chi connectivity index (χ1) is 9.31. The fourth-order valence-corrected chi connectivity index (χ4v) is 10.3. The van der Waals surface area contributed by atoms with E-state index in [1.165, 1.54) is 42.2 Å². The normalized spacial score (nSPS) is 11.2. The maximum absolute atomic E-state index is 7.02. The molecule has 0 nitrogen and oxygen atoms in total. The van der Waals surface area contributed by atoms with E-state index in [1.807, 2.05) is 0 Å². The molecule has 0 atom stereocenters. The molecule has 0 unspecified atom stereocenters. The standard InChI is InChI=1S/C18H22ClGe/c1-11-7-13(3)17(14(4)8-11)20(19)18-15(5)9-12(2)10-16(18)6/h7-10H,1-6H3. The third kappa shape index (κ3) is 2.97. The van der Waals surface area contributed by atoms with Crippen molar-refractivity contribution in [3.8, 4) is 0 Å². The van der Waals surface area contributed by atoms with Crippen LogP contribution in [0.2, 0.25) is 0 Å². The van der Waals surface area contributed by atoms with Crippen molar-refractivity contribution in [3.05, 3.63) is 57.6 Å². The summed E-state index contributed by atoms with van der Waals surface area (Å²) in [6.45, 7) is 13.1. The molecule has 0 fully saturated rings. The van der Waals surface area contributed by atoms with Crippen LogP contribution in [-0.4, -0.2) is 13.4 Å². The van der Waals surface area contributed by atoms with E-state index < -0.39 is 13.4 Å². The Labute approximate surface area is 131 Å². The Kier molecular flexibility index (Phi) is 4.66. The van der Waals surface area contributed by atoms with Gasteiger partial charge in [0.05, 0.1) is 0 Å². The van der Waals surface area contributed by atoms with Crippen molar-refractivity contribution in [1.29, 1.82) is 0 Å². The number of aryl methyl sites for hydroxylation is 6. The molecule has 0 aliphatic rings. The molecule has 0 bridgehead atoms. The Morgan fingerprint density at radius 3 is 1.10 bits per heavy atom. The predicted octanol–water partition coefficient (Wildman–Crippen LogP) is 3.88. The van der Waals surface area contributed by atoms with Crippen LogP contribution in [0.15, 0.2) is 24.3 Å². The van der Waals surface area contributed by atoms with Gasteiger partial charge in [-0.1, -0.05) is 0 Å². The molecule has 0 aromatic heterocycles. The molecule has 20 heavy (non-hydrogen) atoms. The third-order valence-corrected chi connectivity index (χ3v) is 10.9. The van der Waals surface area contributed by atoms with Crippen molar-refractivity contribution in [3.63, 3.8) is 0 Å². The van der Waals surface area contributed by atoms with Crippen molar-refractivity contribution < 1.29 is 0 Å². The van der Waals surface area contributed by atoms with Crippen LogP contribution in [0.1, 0.15) is 33.4 Å². The maximum atomic E-state index is 7.02. The van der Waals surface area contributed by atoms with Crippen LogP contribution in [0.5, 0.6) is 0 Å². The summed E-state index contributed by atoms with van der Waals surface area (Å²) in [6.07, 6.45) is 0.